The Morgan fingerprint density at radius 3 is 2.40 bits per heavy atom. The fourth-order valence-electron chi connectivity index (χ4n) is 2.57. The van der Waals surface area contributed by atoms with Crippen LogP contribution in [-0.4, -0.2) is 10.9 Å². The topological polar surface area (TPSA) is 54.0 Å². The van der Waals surface area contributed by atoms with Crippen LogP contribution in [0.1, 0.15) is 21.5 Å². The zero-order chi connectivity index (χ0) is 17.8. The lowest BCUT2D eigenvalue weighted by Gasteiger charge is -2.15. The Morgan fingerprint density at radius 2 is 1.68 bits per heavy atom. The molecule has 1 aromatic heterocycles. The van der Waals surface area contributed by atoms with Gasteiger partial charge >= 0.3 is 0 Å². The summed E-state index contributed by atoms with van der Waals surface area (Å²) >= 11 is 3.44. The van der Waals surface area contributed by atoms with Gasteiger partial charge in [0.2, 0.25) is 0 Å². The number of anilines is 3. The van der Waals surface area contributed by atoms with Gasteiger partial charge in [-0.15, -0.1) is 0 Å². The molecule has 0 fully saturated rings. The highest BCUT2D eigenvalue weighted by Crippen LogP contribution is 2.27. The summed E-state index contributed by atoms with van der Waals surface area (Å²) in [6, 6.07) is 17.1. The molecule has 0 aliphatic heterocycles. The van der Waals surface area contributed by atoms with Gasteiger partial charge < -0.3 is 10.6 Å². The molecule has 0 unspecified atom stereocenters. The minimum Gasteiger partial charge on any atom is -0.339 e. The fraction of sp³-hybridized carbons (Fsp3) is 0.100. The van der Waals surface area contributed by atoms with Crippen LogP contribution >= 0.6 is 15.9 Å². The number of pyridine rings is 1. The maximum absolute atomic E-state index is 12.7. The van der Waals surface area contributed by atoms with Crippen molar-refractivity contribution in [3.63, 3.8) is 0 Å². The highest BCUT2D eigenvalue weighted by molar-refractivity contribution is 9.10. The lowest BCUT2D eigenvalue weighted by atomic mass is 10.1. The smallest absolute Gasteiger partial charge is 0.259 e. The Morgan fingerprint density at radius 1 is 0.960 bits per heavy atom. The number of aromatic nitrogens is 1. The molecule has 0 aliphatic carbocycles. The molecule has 3 aromatic rings. The number of amides is 1. The molecule has 25 heavy (non-hydrogen) atoms. The number of aryl methyl sites for hydroxylation is 2. The third-order valence-corrected chi connectivity index (χ3v) is 4.59. The standard InChI is InChI=1S/C20H18BrN3O/c1-13-7-5-8-14(2)18(13)24-19-15(9-6-12-22-19)20(25)23-17-11-4-3-10-16(17)21/h3-12H,1-2H3,(H,22,24)(H,23,25). The predicted molar refractivity (Wildman–Crippen MR) is 106 cm³/mol. The quantitative estimate of drug-likeness (QED) is 0.616. The van der Waals surface area contributed by atoms with Gasteiger partial charge in [-0.2, -0.15) is 0 Å². The van der Waals surface area contributed by atoms with Crippen LogP contribution in [0.4, 0.5) is 17.2 Å². The van der Waals surface area contributed by atoms with Gasteiger partial charge in [-0.25, -0.2) is 4.98 Å². The summed E-state index contributed by atoms with van der Waals surface area (Å²) in [5, 5.41) is 6.22. The predicted octanol–water partition coefficient (Wildman–Crippen LogP) is 5.46. The minimum atomic E-state index is -0.214. The molecule has 0 atom stereocenters. The lowest BCUT2D eigenvalue weighted by Crippen LogP contribution is -2.15. The number of carbonyl (C=O) groups is 1. The number of para-hydroxylation sites is 2. The second-order valence-electron chi connectivity index (χ2n) is 5.73. The van der Waals surface area contributed by atoms with Crippen LogP contribution in [-0.2, 0) is 0 Å². The van der Waals surface area contributed by atoms with Crippen LogP contribution in [0.25, 0.3) is 0 Å². The van der Waals surface area contributed by atoms with Crippen LogP contribution in [0.3, 0.4) is 0 Å². The van der Waals surface area contributed by atoms with E-state index in [1.165, 1.54) is 0 Å². The van der Waals surface area contributed by atoms with Crippen molar-refractivity contribution in [1.29, 1.82) is 0 Å². The largest absolute Gasteiger partial charge is 0.339 e. The van der Waals surface area contributed by atoms with Crippen LogP contribution in [0.15, 0.2) is 65.3 Å². The summed E-state index contributed by atoms with van der Waals surface area (Å²) in [4.78, 5) is 17.1. The molecule has 4 nitrogen and oxygen atoms in total. The highest BCUT2D eigenvalue weighted by Gasteiger charge is 2.15. The zero-order valence-corrected chi connectivity index (χ0v) is 15.6. The van der Waals surface area contributed by atoms with Crippen molar-refractivity contribution in [2.45, 2.75) is 13.8 Å². The molecular formula is C20H18BrN3O. The van der Waals surface area contributed by atoms with Crippen LogP contribution < -0.4 is 10.6 Å². The molecule has 1 heterocycles. The zero-order valence-electron chi connectivity index (χ0n) is 14.0. The van der Waals surface area contributed by atoms with E-state index in [9.17, 15) is 4.79 Å². The third kappa shape index (κ3) is 3.88. The number of halogens is 1. The van der Waals surface area contributed by atoms with Crippen molar-refractivity contribution in [2.75, 3.05) is 10.6 Å². The van der Waals surface area contributed by atoms with Crippen molar-refractivity contribution >= 4 is 39.0 Å². The second kappa shape index (κ2) is 7.49. The number of benzene rings is 2. The first-order chi connectivity index (χ1) is 12.1. The van der Waals surface area contributed by atoms with Gasteiger partial charge in [-0.1, -0.05) is 30.3 Å². The van der Waals surface area contributed by atoms with Crippen molar-refractivity contribution in [1.82, 2.24) is 4.98 Å². The van der Waals surface area contributed by atoms with E-state index in [4.69, 9.17) is 0 Å². The van der Waals surface area contributed by atoms with E-state index in [-0.39, 0.29) is 5.91 Å². The summed E-state index contributed by atoms with van der Waals surface area (Å²) in [5.74, 6) is 0.318. The number of hydrogen-bond donors (Lipinski definition) is 2. The minimum absolute atomic E-state index is 0.214. The van der Waals surface area contributed by atoms with Crippen molar-refractivity contribution in [2.24, 2.45) is 0 Å². The maximum Gasteiger partial charge on any atom is 0.259 e. The lowest BCUT2D eigenvalue weighted by molar-refractivity contribution is 0.102. The Bertz CT molecular complexity index is 904. The van der Waals surface area contributed by atoms with Gasteiger partial charge in [0, 0.05) is 16.4 Å². The number of rotatable bonds is 4. The molecule has 0 saturated heterocycles. The molecule has 126 valence electrons. The summed E-state index contributed by atoms with van der Waals surface area (Å²) < 4.78 is 0.830. The van der Waals surface area contributed by atoms with Crippen LogP contribution in [0, 0.1) is 13.8 Å². The van der Waals surface area contributed by atoms with Gasteiger partial charge in [0.15, 0.2) is 0 Å². The van der Waals surface area contributed by atoms with E-state index in [0.29, 0.717) is 11.4 Å². The number of carbonyl (C=O) groups excluding carboxylic acids is 1. The summed E-state index contributed by atoms with van der Waals surface area (Å²) in [5.41, 5.74) is 4.37. The van der Waals surface area contributed by atoms with Crippen LogP contribution in [0.2, 0.25) is 0 Å². The molecule has 0 aliphatic rings. The van der Waals surface area contributed by atoms with E-state index in [1.54, 1.807) is 18.3 Å². The van der Waals surface area contributed by atoms with E-state index in [2.05, 4.69) is 31.5 Å². The molecular weight excluding hydrogens is 378 g/mol. The third-order valence-electron chi connectivity index (χ3n) is 3.90. The average Bonchev–Trinajstić information content (AvgIpc) is 2.60. The first kappa shape index (κ1) is 17.2. The molecule has 0 radical (unpaired) electrons. The SMILES string of the molecule is Cc1cccc(C)c1Nc1ncccc1C(=O)Nc1ccccc1Br. The Kier molecular flexibility index (Phi) is 5.14. The molecule has 2 N–H and O–H groups in total. The Hall–Kier alpha value is -2.66. The first-order valence-corrected chi connectivity index (χ1v) is 8.69. The van der Waals surface area contributed by atoms with Gasteiger partial charge in [0.1, 0.15) is 5.82 Å². The van der Waals surface area contributed by atoms with E-state index >= 15 is 0 Å². The maximum atomic E-state index is 12.7. The van der Waals surface area contributed by atoms with Gasteiger partial charge in [0.25, 0.3) is 5.91 Å². The normalized spacial score (nSPS) is 10.4. The van der Waals surface area contributed by atoms with E-state index in [0.717, 1.165) is 27.0 Å². The summed E-state index contributed by atoms with van der Waals surface area (Å²) in [6.07, 6.45) is 1.67. The number of nitrogens with zero attached hydrogens (tertiary/aromatic N) is 1. The van der Waals surface area contributed by atoms with Crippen molar-refractivity contribution in [3.8, 4) is 0 Å². The second-order valence-corrected chi connectivity index (χ2v) is 6.58. The highest BCUT2D eigenvalue weighted by atomic mass is 79.9. The van der Waals surface area contributed by atoms with Gasteiger partial charge in [-0.05, 0) is 65.2 Å². The van der Waals surface area contributed by atoms with Crippen LogP contribution in [0.5, 0.6) is 0 Å². The molecule has 0 spiro atoms. The summed E-state index contributed by atoms with van der Waals surface area (Å²) in [7, 11) is 0. The average molecular weight is 396 g/mol. The molecule has 0 bridgehead atoms. The molecule has 0 saturated carbocycles. The van der Waals surface area contributed by atoms with Gasteiger partial charge in [-0.3, -0.25) is 4.79 Å². The Labute approximate surface area is 155 Å². The molecule has 2 aromatic carbocycles. The van der Waals surface area contributed by atoms with E-state index in [1.807, 2.05) is 56.3 Å². The molecule has 5 heteroatoms. The molecule has 3 rings (SSSR count). The molecule has 1 amide bonds. The van der Waals surface area contributed by atoms with E-state index < -0.39 is 0 Å². The van der Waals surface area contributed by atoms with Crippen molar-refractivity contribution in [3.05, 3.63) is 82.0 Å². The van der Waals surface area contributed by atoms with Crippen molar-refractivity contribution < 1.29 is 4.79 Å². The number of hydrogen-bond acceptors (Lipinski definition) is 3. The van der Waals surface area contributed by atoms with Gasteiger partial charge in [0.05, 0.1) is 11.3 Å². The Balaban J connectivity index is 1.91. The number of nitrogens with one attached hydrogen (secondary N) is 2. The summed E-state index contributed by atoms with van der Waals surface area (Å²) in [6.45, 7) is 4.05. The monoisotopic (exact) mass is 395 g/mol. The fourth-order valence-corrected chi connectivity index (χ4v) is 2.95. The first-order valence-electron chi connectivity index (χ1n) is 7.90.